The molecule has 1 aromatic heterocycles. The molecule has 1 N–H and O–H groups in total. The number of imide groups is 1. The number of piperidine rings is 1. The van der Waals surface area contributed by atoms with Crippen LogP contribution in [-0.2, 0) is 26.2 Å². The lowest BCUT2D eigenvalue weighted by atomic mass is 9.75. The Balaban J connectivity index is 1.60. The third-order valence-corrected chi connectivity index (χ3v) is 6.66. The summed E-state index contributed by atoms with van der Waals surface area (Å²) in [6, 6.07) is 14.5. The van der Waals surface area contributed by atoms with Gasteiger partial charge in [-0.1, -0.05) is 36.4 Å². The van der Waals surface area contributed by atoms with Gasteiger partial charge in [0.1, 0.15) is 0 Å². The maximum Gasteiger partial charge on any atom is 0.240 e. The number of carbonyl (C=O) groups excluding carboxylic acids is 3. The lowest BCUT2D eigenvalue weighted by molar-refractivity contribution is -0.144. The van der Waals surface area contributed by atoms with Crippen molar-refractivity contribution in [2.24, 2.45) is 0 Å². The molecule has 7 heteroatoms. The molecule has 2 atom stereocenters. The summed E-state index contributed by atoms with van der Waals surface area (Å²) in [7, 11) is 0. The predicted molar refractivity (Wildman–Crippen MR) is 118 cm³/mol. The van der Waals surface area contributed by atoms with Crippen LogP contribution < -0.4 is 0 Å². The molecule has 0 radical (unpaired) electrons. The fraction of sp³-hybridized carbons (Fsp3) is 0.440. The number of likely N-dealkylation sites (tertiary alicyclic amines) is 2. The van der Waals surface area contributed by atoms with E-state index in [4.69, 9.17) is 0 Å². The molecule has 168 valence electrons. The van der Waals surface area contributed by atoms with Gasteiger partial charge in [0, 0.05) is 44.2 Å². The van der Waals surface area contributed by atoms with Crippen molar-refractivity contribution in [3.63, 3.8) is 0 Å². The van der Waals surface area contributed by atoms with Crippen LogP contribution in [0.15, 0.2) is 54.7 Å². The van der Waals surface area contributed by atoms with E-state index in [0.29, 0.717) is 18.5 Å². The first-order chi connectivity index (χ1) is 15.5. The summed E-state index contributed by atoms with van der Waals surface area (Å²) in [6.45, 7) is 0.716. The van der Waals surface area contributed by atoms with Crippen LogP contribution in [0.4, 0.5) is 0 Å². The average Bonchev–Trinajstić information content (AvgIpc) is 3.08. The fourth-order valence-electron chi connectivity index (χ4n) is 4.90. The second kappa shape index (κ2) is 9.61. The molecule has 0 spiro atoms. The van der Waals surface area contributed by atoms with E-state index >= 15 is 0 Å². The predicted octanol–water partition coefficient (Wildman–Crippen LogP) is 2.08. The summed E-state index contributed by atoms with van der Waals surface area (Å²) in [4.78, 5) is 47.3. The monoisotopic (exact) mass is 435 g/mol. The molecule has 2 saturated heterocycles. The van der Waals surface area contributed by atoms with Crippen molar-refractivity contribution < 1.29 is 19.5 Å². The SMILES string of the molecule is O=C1CC(CC(=O)N2CCCCC2CO)(c2ccccc2)C(=O)N1CCc1ccccn1. The highest BCUT2D eigenvalue weighted by Gasteiger charge is 2.54. The first kappa shape index (κ1) is 22.1. The Bertz CT molecular complexity index is 966. The zero-order valence-corrected chi connectivity index (χ0v) is 18.2. The van der Waals surface area contributed by atoms with E-state index in [-0.39, 0.29) is 49.8 Å². The van der Waals surface area contributed by atoms with Crippen LogP contribution in [-0.4, -0.2) is 63.4 Å². The highest BCUT2D eigenvalue weighted by molar-refractivity contribution is 6.10. The number of aliphatic hydroxyl groups excluding tert-OH is 1. The molecule has 2 aliphatic heterocycles. The first-order valence-corrected chi connectivity index (χ1v) is 11.3. The Hall–Kier alpha value is -3.06. The molecule has 0 aliphatic carbocycles. The van der Waals surface area contributed by atoms with Gasteiger partial charge in [-0.05, 0) is 37.0 Å². The lowest BCUT2D eigenvalue weighted by Gasteiger charge is -2.37. The Labute approximate surface area is 188 Å². The summed E-state index contributed by atoms with van der Waals surface area (Å²) in [5.74, 6) is -0.768. The van der Waals surface area contributed by atoms with Gasteiger partial charge in [0.15, 0.2) is 0 Å². The number of rotatable bonds is 7. The number of aliphatic hydroxyl groups is 1. The number of hydrogen-bond acceptors (Lipinski definition) is 5. The van der Waals surface area contributed by atoms with Crippen molar-refractivity contribution in [3.05, 3.63) is 66.0 Å². The highest BCUT2D eigenvalue weighted by Crippen LogP contribution is 2.40. The Kier molecular flexibility index (Phi) is 6.65. The van der Waals surface area contributed by atoms with Crippen molar-refractivity contribution >= 4 is 17.7 Å². The maximum absolute atomic E-state index is 13.7. The zero-order valence-electron chi connectivity index (χ0n) is 18.2. The molecule has 3 amide bonds. The number of amides is 3. The van der Waals surface area contributed by atoms with Crippen molar-refractivity contribution in [2.45, 2.75) is 50.0 Å². The zero-order chi connectivity index (χ0) is 22.6. The standard InChI is InChI=1S/C25H29N3O4/c29-18-21-11-5-7-14-27(21)22(30)16-25(19-8-2-1-3-9-19)17-23(31)28(24(25)32)15-12-20-10-4-6-13-26-20/h1-4,6,8-10,13,21,29H,5,7,11-12,14-18H2. The van der Waals surface area contributed by atoms with Gasteiger partial charge in [-0.15, -0.1) is 0 Å². The number of aromatic nitrogens is 1. The van der Waals surface area contributed by atoms with Crippen LogP contribution in [0.25, 0.3) is 0 Å². The van der Waals surface area contributed by atoms with Gasteiger partial charge in [-0.2, -0.15) is 0 Å². The number of hydrogen-bond donors (Lipinski definition) is 1. The minimum atomic E-state index is -1.21. The second-order valence-electron chi connectivity index (χ2n) is 8.64. The van der Waals surface area contributed by atoms with Crippen molar-refractivity contribution in [1.82, 2.24) is 14.8 Å². The molecule has 0 saturated carbocycles. The number of nitrogens with zero attached hydrogens (tertiary/aromatic N) is 3. The van der Waals surface area contributed by atoms with Gasteiger partial charge >= 0.3 is 0 Å². The van der Waals surface area contributed by atoms with Crippen LogP contribution in [0.3, 0.4) is 0 Å². The molecule has 3 heterocycles. The fourth-order valence-corrected chi connectivity index (χ4v) is 4.90. The summed E-state index contributed by atoms with van der Waals surface area (Å²) in [5, 5.41) is 9.74. The third kappa shape index (κ3) is 4.30. The molecule has 2 aromatic rings. The lowest BCUT2D eigenvalue weighted by Crippen LogP contribution is -2.49. The van der Waals surface area contributed by atoms with Crippen molar-refractivity contribution in [1.29, 1.82) is 0 Å². The number of benzene rings is 1. The van der Waals surface area contributed by atoms with Crippen molar-refractivity contribution in [3.8, 4) is 0 Å². The Morgan fingerprint density at radius 2 is 1.88 bits per heavy atom. The van der Waals surface area contributed by atoms with E-state index in [1.165, 1.54) is 4.90 Å². The molecule has 4 rings (SSSR count). The number of pyridine rings is 1. The molecule has 1 aromatic carbocycles. The largest absolute Gasteiger partial charge is 0.394 e. The minimum absolute atomic E-state index is 0.0264. The van der Waals surface area contributed by atoms with E-state index < -0.39 is 5.41 Å². The van der Waals surface area contributed by atoms with Gasteiger partial charge in [0.2, 0.25) is 17.7 Å². The van der Waals surface area contributed by atoms with Gasteiger partial charge < -0.3 is 10.0 Å². The normalized spacial score (nSPS) is 23.6. The molecular formula is C25H29N3O4. The van der Waals surface area contributed by atoms with Gasteiger partial charge in [-0.25, -0.2) is 0 Å². The summed E-state index contributed by atoms with van der Waals surface area (Å²) >= 11 is 0. The van der Waals surface area contributed by atoms with Gasteiger partial charge in [0.25, 0.3) is 0 Å². The number of carbonyl (C=O) groups is 3. The van der Waals surface area contributed by atoms with Crippen LogP contribution in [0.1, 0.15) is 43.4 Å². The van der Waals surface area contributed by atoms with E-state index in [0.717, 1.165) is 25.0 Å². The molecule has 2 aliphatic rings. The van der Waals surface area contributed by atoms with E-state index in [1.54, 1.807) is 11.1 Å². The molecule has 0 bridgehead atoms. The Morgan fingerprint density at radius 1 is 1.09 bits per heavy atom. The molecule has 32 heavy (non-hydrogen) atoms. The van der Waals surface area contributed by atoms with E-state index in [2.05, 4.69) is 4.98 Å². The van der Waals surface area contributed by atoms with Gasteiger partial charge in [-0.3, -0.25) is 24.3 Å². The maximum atomic E-state index is 13.7. The topological polar surface area (TPSA) is 90.8 Å². The Morgan fingerprint density at radius 3 is 2.59 bits per heavy atom. The molecular weight excluding hydrogens is 406 g/mol. The first-order valence-electron chi connectivity index (χ1n) is 11.3. The second-order valence-corrected chi connectivity index (χ2v) is 8.64. The summed E-state index contributed by atoms with van der Waals surface area (Å²) in [6.07, 6.45) is 4.66. The van der Waals surface area contributed by atoms with Crippen LogP contribution in [0, 0.1) is 0 Å². The quantitative estimate of drug-likeness (QED) is 0.673. The average molecular weight is 436 g/mol. The highest BCUT2D eigenvalue weighted by atomic mass is 16.3. The molecule has 2 unspecified atom stereocenters. The van der Waals surface area contributed by atoms with Crippen LogP contribution in [0.2, 0.25) is 0 Å². The van der Waals surface area contributed by atoms with E-state index in [9.17, 15) is 19.5 Å². The molecule has 2 fully saturated rings. The van der Waals surface area contributed by atoms with Crippen LogP contribution >= 0.6 is 0 Å². The smallest absolute Gasteiger partial charge is 0.240 e. The van der Waals surface area contributed by atoms with Crippen molar-refractivity contribution in [2.75, 3.05) is 19.7 Å². The van der Waals surface area contributed by atoms with Crippen LogP contribution in [0.5, 0.6) is 0 Å². The van der Waals surface area contributed by atoms with Gasteiger partial charge in [0.05, 0.1) is 18.1 Å². The van der Waals surface area contributed by atoms with E-state index in [1.807, 2.05) is 48.5 Å². The molecule has 7 nitrogen and oxygen atoms in total. The minimum Gasteiger partial charge on any atom is -0.394 e. The third-order valence-electron chi connectivity index (χ3n) is 6.66. The summed E-state index contributed by atoms with van der Waals surface area (Å²) in [5.41, 5.74) is 0.280. The summed E-state index contributed by atoms with van der Waals surface area (Å²) < 4.78 is 0.